The van der Waals surface area contributed by atoms with Crippen LogP contribution < -0.4 is 0 Å². The fraction of sp³-hybridized carbons (Fsp3) is 0.316. The second kappa shape index (κ2) is 8.13. The van der Waals surface area contributed by atoms with Crippen molar-refractivity contribution in [3.8, 4) is 0 Å². The highest BCUT2D eigenvalue weighted by molar-refractivity contribution is 7.89. The second-order valence-corrected chi connectivity index (χ2v) is 8.52. The van der Waals surface area contributed by atoms with Gasteiger partial charge in [0.25, 0.3) is 5.91 Å². The number of amides is 1. The Kier molecular flexibility index (Phi) is 5.97. The van der Waals surface area contributed by atoms with Gasteiger partial charge in [0.15, 0.2) is 0 Å². The molecule has 0 saturated carbocycles. The van der Waals surface area contributed by atoms with Gasteiger partial charge in [0.05, 0.1) is 23.1 Å². The van der Waals surface area contributed by atoms with E-state index >= 15 is 0 Å². The van der Waals surface area contributed by atoms with E-state index in [0.29, 0.717) is 17.7 Å². The Balaban J connectivity index is 1.78. The van der Waals surface area contributed by atoms with Gasteiger partial charge in [-0.1, -0.05) is 18.2 Å². The molecule has 2 aromatic carbocycles. The molecular formula is C19H19F3N2O4S. The summed E-state index contributed by atoms with van der Waals surface area (Å²) in [5.41, 5.74) is -0.520. The van der Waals surface area contributed by atoms with Crippen LogP contribution in [0.3, 0.4) is 0 Å². The summed E-state index contributed by atoms with van der Waals surface area (Å²) in [5.74, 6) is -0.323. The second-order valence-electron chi connectivity index (χ2n) is 6.59. The fourth-order valence-corrected chi connectivity index (χ4v) is 4.65. The number of benzene rings is 2. The van der Waals surface area contributed by atoms with Gasteiger partial charge in [-0.05, 0) is 36.4 Å². The predicted molar refractivity (Wildman–Crippen MR) is 98.6 cm³/mol. The molecule has 1 saturated heterocycles. The van der Waals surface area contributed by atoms with Gasteiger partial charge in [-0.25, -0.2) is 8.42 Å². The maximum Gasteiger partial charge on any atom is 0.416 e. The van der Waals surface area contributed by atoms with Crippen LogP contribution in [0.5, 0.6) is 0 Å². The lowest BCUT2D eigenvalue weighted by Crippen LogP contribution is -2.57. The minimum Gasteiger partial charge on any atom is -0.394 e. The molecule has 1 amide bonds. The van der Waals surface area contributed by atoms with Crippen molar-refractivity contribution in [3.63, 3.8) is 0 Å². The third-order valence-corrected chi connectivity index (χ3v) is 6.64. The van der Waals surface area contributed by atoms with Crippen molar-refractivity contribution >= 4 is 15.9 Å². The summed E-state index contributed by atoms with van der Waals surface area (Å²) in [6.45, 7) is -0.576. The van der Waals surface area contributed by atoms with E-state index in [1.165, 1.54) is 4.90 Å². The average Bonchev–Trinajstić information content (AvgIpc) is 2.72. The average molecular weight is 428 g/mol. The van der Waals surface area contributed by atoms with E-state index in [-0.39, 0.29) is 30.4 Å². The van der Waals surface area contributed by atoms with Gasteiger partial charge in [0.2, 0.25) is 10.0 Å². The Labute approximate surface area is 166 Å². The summed E-state index contributed by atoms with van der Waals surface area (Å²) >= 11 is 0. The molecule has 0 radical (unpaired) electrons. The van der Waals surface area contributed by atoms with Crippen molar-refractivity contribution in [2.24, 2.45) is 0 Å². The molecule has 2 aromatic rings. The van der Waals surface area contributed by atoms with E-state index in [1.807, 2.05) is 0 Å². The van der Waals surface area contributed by atoms with Crippen LogP contribution in [0.4, 0.5) is 13.2 Å². The molecule has 0 aromatic heterocycles. The van der Waals surface area contributed by atoms with Gasteiger partial charge in [-0.3, -0.25) is 4.79 Å². The number of hydrogen-bond acceptors (Lipinski definition) is 4. The number of aliphatic hydroxyl groups is 1. The highest BCUT2D eigenvalue weighted by Gasteiger charge is 2.37. The van der Waals surface area contributed by atoms with Gasteiger partial charge < -0.3 is 10.0 Å². The van der Waals surface area contributed by atoms with Crippen LogP contribution in [0.2, 0.25) is 0 Å². The van der Waals surface area contributed by atoms with Crippen molar-refractivity contribution in [1.82, 2.24) is 9.21 Å². The Hall–Kier alpha value is -2.43. The molecule has 1 fully saturated rings. The molecule has 0 aliphatic carbocycles. The van der Waals surface area contributed by atoms with E-state index in [0.717, 1.165) is 16.4 Å². The van der Waals surface area contributed by atoms with E-state index in [4.69, 9.17) is 0 Å². The quantitative estimate of drug-likeness (QED) is 0.810. The molecule has 1 aliphatic heterocycles. The molecule has 1 N–H and O–H groups in total. The zero-order valence-corrected chi connectivity index (χ0v) is 16.0. The van der Waals surface area contributed by atoms with Crippen LogP contribution in [0.25, 0.3) is 0 Å². The maximum atomic E-state index is 12.8. The summed E-state index contributed by atoms with van der Waals surface area (Å²) < 4.78 is 64.8. The Morgan fingerprint density at radius 2 is 1.66 bits per heavy atom. The summed E-state index contributed by atoms with van der Waals surface area (Å²) in [4.78, 5) is 13.8. The first-order valence-corrected chi connectivity index (χ1v) is 10.2. The zero-order chi connectivity index (χ0) is 21.2. The first kappa shape index (κ1) is 21.3. The van der Waals surface area contributed by atoms with Gasteiger partial charge in [-0.2, -0.15) is 17.5 Å². The third-order valence-electron chi connectivity index (χ3n) is 4.76. The molecule has 3 rings (SSSR count). The first-order valence-electron chi connectivity index (χ1n) is 8.79. The minimum absolute atomic E-state index is 0.0293. The number of sulfonamides is 1. The standard InChI is InChI=1S/C19H19F3N2O4S/c20-19(21,22)15-6-8-17(9-7-15)29(27,28)23-10-11-24(16(12-23)13-25)18(26)14-4-2-1-3-5-14/h1-9,16,25H,10-13H2. The van der Waals surface area contributed by atoms with E-state index in [1.54, 1.807) is 30.3 Å². The molecular weight excluding hydrogens is 409 g/mol. The number of piperazine rings is 1. The lowest BCUT2D eigenvalue weighted by atomic mass is 10.1. The summed E-state index contributed by atoms with van der Waals surface area (Å²) in [6, 6.07) is 10.9. The van der Waals surface area contributed by atoms with Gasteiger partial charge in [0, 0.05) is 25.2 Å². The van der Waals surface area contributed by atoms with Crippen LogP contribution in [-0.2, 0) is 16.2 Å². The zero-order valence-electron chi connectivity index (χ0n) is 15.2. The van der Waals surface area contributed by atoms with E-state index in [9.17, 15) is 31.5 Å². The van der Waals surface area contributed by atoms with Crippen molar-refractivity contribution in [2.75, 3.05) is 26.2 Å². The van der Waals surface area contributed by atoms with E-state index < -0.39 is 34.4 Å². The molecule has 6 nitrogen and oxygen atoms in total. The minimum atomic E-state index is -4.56. The van der Waals surface area contributed by atoms with Crippen molar-refractivity contribution in [1.29, 1.82) is 0 Å². The Bertz CT molecular complexity index is 963. The van der Waals surface area contributed by atoms with Crippen LogP contribution in [-0.4, -0.2) is 60.9 Å². The summed E-state index contributed by atoms with van der Waals surface area (Å²) in [7, 11) is -4.06. The summed E-state index contributed by atoms with van der Waals surface area (Å²) in [5, 5.41) is 9.70. The normalized spacial score (nSPS) is 18.6. The van der Waals surface area contributed by atoms with E-state index in [2.05, 4.69) is 0 Å². The summed E-state index contributed by atoms with van der Waals surface area (Å²) in [6.07, 6.45) is -4.56. The van der Waals surface area contributed by atoms with Crippen LogP contribution >= 0.6 is 0 Å². The molecule has 1 heterocycles. The largest absolute Gasteiger partial charge is 0.416 e. The lowest BCUT2D eigenvalue weighted by molar-refractivity contribution is -0.137. The molecule has 0 spiro atoms. The number of carbonyl (C=O) groups excluding carboxylic acids is 1. The van der Waals surface area contributed by atoms with Gasteiger partial charge in [-0.15, -0.1) is 0 Å². The van der Waals surface area contributed by atoms with Gasteiger partial charge >= 0.3 is 6.18 Å². The molecule has 1 atom stereocenters. The van der Waals surface area contributed by atoms with Crippen molar-refractivity contribution in [3.05, 3.63) is 65.7 Å². The fourth-order valence-electron chi connectivity index (χ4n) is 3.18. The smallest absolute Gasteiger partial charge is 0.394 e. The van der Waals surface area contributed by atoms with Gasteiger partial charge in [0.1, 0.15) is 0 Å². The molecule has 156 valence electrons. The molecule has 0 bridgehead atoms. The van der Waals surface area contributed by atoms with Crippen LogP contribution in [0.15, 0.2) is 59.5 Å². The third kappa shape index (κ3) is 4.44. The first-order chi connectivity index (χ1) is 13.6. The number of rotatable bonds is 4. The van der Waals surface area contributed by atoms with Crippen LogP contribution in [0.1, 0.15) is 15.9 Å². The number of hydrogen-bond donors (Lipinski definition) is 1. The molecule has 29 heavy (non-hydrogen) atoms. The van der Waals surface area contributed by atoms with Crippen LogP contribution in [0, 0.1) is 0 Å². The topological polar surface area (TPSA) is 77.9 Å². The molecule has 10 heteroatoms. The number of nitrogens with zero attached hydrogens (tertiary/aromatic N) is 2. The molecule has 1 aliphatic rings. The van der Waals surface area contributed by atoms with Crippen molar-refractivity contribution < 1.29 is 31.5 Å². The highest BCUT2D eigenvalue weighted by atomic mass is 32.2. The molecule has 1 unspecified atom stereocenters. The van der Waals surface area contributed by atoms with Crippen molar-refractivity contribution in [2.45, 2.75) is 17.1 Å². The monoisotopic (exact) mass is 428 g/mol. The maximum absolute atomic E-state index is 12.8. The predicted octanol–water partition coefficient (Wildman–Crippen LogP) is 2.21. The number of aliphatic hydroxyl groups excluding tert-OH is 1. The lowest BCUT2D eigenvalue weighted by Gasteiger charge is -2.40. The number of halogens is 3. The Morgan fingerprint density at radius 1 is 1.03 bits per heavy atom. The number of alkyl halides is 3. The number of carbonyl (C=O) groups is 1. The Morgan fingerprint density at radius 3 is 2.21 bits per heavy atom. The highest BCUT2D eigenvalue weighted by Crippen LogP contribution is 2.30. The SMILES string of the molecule is O=C(c1ccccc1)N1CCN(S(=O)(=O)c2ccc(C(F)(F)F)cc2)CC1CO.